The summed E-state index contributed by atoms with van der Waals surface area (Å²) in [6.07, 6.45) is 1.42. The van der Waals surface area contributed by atoms with E-state index in [1.807, 2.05) is 41.5 Å². The first-order valence-electron chi connectivity index (χ1n) is 6.38. The van der Waals surface area contributed by atoms with E-state index in [0.717, 1.165) is 6.29 Å². The normalized spacial score (nSPS) is 8.39. The van der Waals surface area contributed by atoms with Gasteiger partial charge in [-0.05, 0) is 26.0 Å². The molecule has 3 nitrogen and oxygen atoms in total. The Labute approximate surface area is 110 Å². The second kappa shape index (κ2) is 11.8. The highest BCUT2D eigenvalue weighted by molar-refractivity contribution is 5.83. The lowest BCUT2D eigenvalue weighted by molar-refractivity contribution is 0.110. The molecule has 3 heteroatoms. The molecular weight excluding hydrogens is 228 g/mol. The van der Waals surface area contributed by atoms with Crippen LogP contribution < -0.4 is 4.74 Å². The van der Waals surface area contributed by atoms with Crippen molar-refractivity contribution in [3.05, 3.63) is 29.3 Å². The van der Waals surface area contributed by atoms with Gasteiger partial charge in [0.05, 0.1) is 11.7 Å². The van der Waals surface area contributed by atoms with Crippen LogP contribution in [0.3, 0.4) is 0 Å². The lowest BCUT2D eigenvalue weighted by Gasteiger charge is -2.11. The Hall–Kier alpha value is -1.64. The summed E-state index contributed by atoms with van der Waals surface area (Å²) >= 11 is 0. The van der Waals surface area contributed by atoms with Crippen molar-refractivity contribution < 1.29 is 14.3 Å². The fraction of sp³-hybridized carbons (Fsp3) is 0.467. The maximum atomic E-state index is 10.6. The summed E-state index contributed by atoms with van der Waals surface area (Å²) in [7, 11) is 0. The van der Waals surface area contributed by atoms with Crippen molar-refractivity contribution >= 4 is 12.6 Å². The van der Waals surface area contributed by atoms with Crippen molar-refractivity contribution in [2.45, 2.75) is 47.6 Å². The largest absolute Gasteiger partial charge is 0.490 e. The molecule has 0 aliphatic heterocycles. The zero-order valence-electron chi connectivity index (χ0n) is 12.2. The van der Waals surface area contributed by atoms with Gasteiger partial charge in [0.25, 0.3) is 0 Å². The number of aldehydes is 2. The standard InChI is InChI=1S/C11H12O3.2C2H6/c1-8(2)14-11-5-9(6-12)3-4-10(11)7-13;2*1-2/h3-8H,1-2H3;2*1-2H3. The number of carbonyl (C=O) groups is 2. The molecule has 18 heavy (non-hydrogen) atoms. The third kappa shape index (κ3) is 6.84. The zero-order valence-corrected chi connectivity index (χ0v) is 12.2. The molecule has 0 atom stereocenters. The van der Waals surface area contributed by atoms with Crippen LogP contribution in [-0.2, 0) is 0 Å². The van der Waals surface area contributed by atoms with Crippen LogP contribution in [0.1, 0.15) is 62.3 Å². The molecule has 0 aliphatic rings. The van der Waals surface area contributed by atoms with Crippen molar-refractivity contribution in [3.63, 3.8) is 0 Å². The average Bonchev–Trinajstić information content (AvgIpc) is 2.42. The molecule has 1 aromatic carbocycles. The van der Waals surface area contributed by atoms with Gasteiger partial charge < -0.3 is 4.74 Å². The lowest BCUT2D eigenvalue weighted by atomic mass is 10.1. The molecule has 0 spiro atoms. The second-order valence-electron chi connectivity index (χ2n) is 3.20. The summed E-state index contributed by atoms with van der Waals surface area (Å²) in [6.45, 7) is 11.7. The van der Waals surface area contributed by atoms with Crippen LogP contribution in [0, 0.1) is 0 Å². The van der Waals surface area contributed by atoms with Crippen molar-refractivity contribution in [2.24, 2.45) is 0 Å². The predicted octanol–water partition coefficient (Wildman–Crippen LogP) is 4.15. The molecule has 0 saturated heterocycles. The molecule has 0 radical (unpaired) electrons. The number of hydrogen-bond acceptors (Lipinski definition) is 3. The SMILES string of the molecule is CC.CC.CC(C)Oc1cc(C=O)ccc1C=O. The average molecular weight is 252 g/mol. The maximum Gasteiger partial charge on any atom is 0.153 e. The van der Waals surface area contributed by atoms with E-state index >= 15 is 0 Å². The molecule has 0 fully saturated rings. The third-order valence-electron chi connectivity index (χ3n) is 1.66. The number of carbonyl (C=O) groups excluding carboxylic acids is 2. The van der Waals surface area contributed by atoms with E-state index in [-0.39, 0.29) is 6.10 Å². The number of ether oxygens (including phenoxy) is 1. The molecular formula is C15H24O3. The molecule has 0 aromatic heterocycles. The molecule has 0 N–H and O–H groups in total. The van der Waals surface area contributed by atoms with Crippen molar-refractivity contribution in [1.29, 1.82) is 0 Å². The van der Waals surface area contributed by atoms with E-state index in [2.05, 4.69) is 0 Å². The van der Waals surface area contributed by atoms with E-state index < -0.39 is 0 Å². The molecule has 102 valence electrons. The Morgan fingerprint density at radius 3 is 1.94 bits per heavy atom. The number of hydrogen-bond donors (Lipinski definition) is 0. The lowest BCUT2D eigenvalue weighted by Crippen LogP contribution is -2.07. The van der Waals surface area contributed by atoms with Crippen LogP contribution in [0.15, 0.2) is 18.2 Å². The van der Waals surface area contributed by atoms with Gasteiger partial charge >= 0.3 is 0 Å². The van der Waals surface area contributed by atoms with E-state index in [9.17, 15) is 9.59 Å². The minimum absolute atomic E-state index is 0.0180. The number of rotatable bonds is 4. The zero-order chi connectivity index (χ0) is 14.6. The highest BCUT2D eigenvalue weighted by Crippen LogP contribution is 2.19. The smallest absolute Gasteiger partial charge is 0.153 e. The number of benzene rings is 1. The van der Waals surface area contributed by atoms with E-state index in [1.54, 1.807) is 18.2 Å². The summed E-state index contributed by atoms with van der Waals surface area (Å²) in [5.41, 5.74) is 0.968. The van der Waals surface area contributed by atoms with Crippen LogP contribution in [0.5, 0.6) is 5.75 Å². The van der Waals surface area contributed by atoms with Crippen LogP contribution in [-0.4, -0.2) is 18.7 Å². The van der Waals surface area contributed by atoms with Gasteiger partial charge in [-0.3, -0.25) is 9.59 Å². The monoisotopic (exact) mass is 252 g/mol. The van der Waals surface area contributed by atoms with E-state index in [4.69, 9.17) is 4.74 Å². The van der Waals surface area contributed by atoms with Gasteiger partial charge in [0.1, 0.15) is 12.0 Å². The molecule has 0 amide bonds. The van der Waals surface area contributed by atoms with Gasteiger partial charge in [-0.1, -0.05) is 33.8 Å². The van der Waals surface area contributed by atoms with Crippen molar-refractivity contribution in [1.82, 2.24) is 0 Å². The van der Waals surface area contributed by atoms with Crippen LogP contribution in [0.25, 0.3) is 0 Å². The fourth-order valence-electron chi connectivity index (χ4n) is 1.08. The summed E-state index contributed by atoms with van der Waals surface area (Å²) in [5.74, 6) is 0.458. The highest BCUT2D eigenvalue weighted by Gasteiger charge is 2.05. The van der Waals surface area contributed by atoms with Gasteiger partial charge in [0.15, 0.2) is 6.29 Å². The fourth-order valence-corrected chi connectivity index (χ4v) is 1.08. The highest BCUT2D eigenvalue weighted by atomic mass is 16.5. The van der Waals surface area contributed by atoms with Crippen LogP contribution >= 0.6 is 0 Å². The Kier molecular flexibility index (Phi) is 12.3. The van der Waals surface area contributed by atoms with Crippen molar-refractivity contribution in [2.75, 3.05) is 0 Å². The quantitative estimate of drug-likeness (QED) is 0.756. The Balaban J connectivity index is 0. The predicted molar refractivity (Wildman–Crippen MR) is 75.7 cm³/mol. The first-order valence-corrected chi connectivity index (χ1v) is 6.38. The maximum absolute atomic E-state index is 10.6. The van der Waals surface area contributed by atoms with E-state index in [1.165, 1.54) is 0 Å². The van der Waals surface area contributed by atoms with Gasteiger partial charge in [-0.15, -0.1) is 0 Å². The van der Waals surface area contributed by atoms with Gasteiger partial charge in [0.2, 0.25) is 0 Å². The topological polar surface area (TPSA) is 43.4 Å². The first-order chi connectivity index (χ1) is 8.67. The van der Waals surface area contributed by atoms with E-state index in [0.29, 0.717) is 23.2 Å². The Morgan fingerprint density at radius 2 is 1.56 bits per heavy atom. The molecule has 0 saturated carbocycles. The van der Waals surface area contributed by atoms with Gasteiger partial charge in [0, 0.05) is 5.56 Å². The molecule has 1 rings (SSSR count). The first kappa shape index (κ1) is 18.7. The minimum Gasteiger partial charge on any atom is -0.490 e. The Morgan fingerprint density at radius 1 is 1.00 bits per heavy atom. The summed E-state index contributed by atoms with van der Waals surface area (Å²) in [4.78, 5) is 21.1. The molecule has 0 unspecified atom stereocenters. The van der Waals surface area contributed by atoms with Gasteiger partial charge in [-0.2, -0.15) is 0 Å². The van der Waals surface area contributed by atoms with Crippen LogP contribution in [0.4, 0.5) is 0 Å². The molecule has 1 aromatic rings. The summed E-state index contributed by atoms with van der Waals surface area (Å²) in [5, 5.41) is 0. The second-order valence-corrected chi connectivity index (χ2v) is 3.20. The molecule has 0 heterocycles. The van der Waals surface area contributed by atoms with Crippen LogP contribution in [0.2, 0.25) is 0 Å². The van der Waals surface area contributed by atoms with Crippen molar-refractivity contribution in [3.8, 4) is 5.75 Å². The molecule has 0 bridgehead atoms. The summed E-state index contributed by atoms with van der Waals surface area (Å²) in [6, 6.07) is 4.73. The third-order valence-corrected chi connectivity index (χ3v) is 1.66. The molecule has 0 aliphatic carbocycles. The Bertz CT molecular complexity index is 344. The minimum atomic E-state index is -0.0180. The summed E-state index contributed by atoms with van der Waals surface area (Å²) < 4.78 is 5.39. The van der Waals surface area contributed by atoms with Gasteiger partial charge in [-0.25, -0.2) is 0 Å².